The minimum Gasteiger partial charge on any atom is -0.508 e. The van der Waals surface area contributed by atoms with Crippen molar-refractivity contribution in [2.45, 2.75) is 0 Å². The first-order chi connectivity index (χ1) is 9.26. The molecule has 2 N–H and O–H groups in total. The van der Waals surface area contributed by atoms with Crippen molar-refractivity contribution in [3.63, 3.8) is 0 Å². The smallest absolute Gasteiger partial charge is 0.211 e. The number of nitrogens with one attached hydrogen (secondary N) is 1. The van der Waals surface area contributed by atoms with Crippen molar-refractivity contribution < 1.29 is 9.90 Å². The molecule has 0 aliphatic rings. The van der Waals surface area contributed by atoms with Gasteiger partial charge in [-0.05, 0) is 30.3 Å². The topological polar surface area (TPSA) is 62.2 Å². The molecule has 3 aromatic rings. The van der Waals surface area contributed by atoms with Gasteiger partial charge >= 0.3 is 0 Å². The van der Waals surface area contributed by atoms with E-state index >= 15 is 0 Å². The molecule has 1 heterocycles. The van der Waals surface area contributed by atoms with Crippen LogP contribution in [0.5, 0.6) is 5.75 Å². The molecule has 0 spiro atoms. The van der Waals surface area contributed by atoms with Crippen LogP contribution in [0.3, 0.4) is 0 Å². The van der Waals surface area contributed by atoms with Crippen LogP contribution in [0.2, 0.25) is 0 Å². The fourth-order valence-corrected chi connectivity index (χ4v) is 2.85. The Hall–Kier alpha value is -2.40. The number of amides is 1. The maximum atomic E-state index is 10.4. The second kappa shape index (κ2) is 4.70. The zero-order valence-corrected chi connectivity index (χ0v) is 10.6. The highest BCUT2D eigenvalue weighted by Gasteiger charge is 2.07. The molecule has 0 aliphatic carbocycles. The Morgan fingerprint density at radius 3 is 2.89 bits per heavy atom. The maximum Gasteiger partial charge on any atom is 0.211 e. The van der Waals surface area contributed by atoms with Crippen LogP contribution in [-0.4, -0.2) is 16.5 Å². The number of carbonyl (C=O) groups is 1. The van der Waals surface area contributed by atoms with Gasteiger partial charge in [-0.3, -0.25) is 4.79 Å². The van der Waals surface area contributed by atoms with E-state index in [2.05, 4.69) is 10.3 Å². The first kappa shape index (κ1) is 11.7. The van der Waals surface area contributed by atoms with E-state index in [-0.39, 0.29) is 5.75 Å². The normalized spacial score (nSPS) is 10.5. The van der Waals surface area contributed by atoms with Crippen LogP contribution >= 0.6 is 11.3 Å². The summed E-state index contributed by atoms with van der Waals surface area (Å²) < 4.78 is 0.991. The van der Waals surface area contributed by atoms with Gasteiger partial charge in [0.1, 0.15) is 10.8 Å². The quantitative estimate of drug-likeness (QED) is 0.718. The molecule has 1 amide bonds. The summed E-state index contributed by atoms with van der Waals surface area (Å²) in [4.78, 5) is 14.9. The molecular weight excluding hydrogens is 260 g/mol. The molecule has 94 valence electrons. The van der Waals surface area contributed by atoms with Gasteiger partial charge in [-0.2, -0.15) is 0 Å². The van der Waals surface area contributed by atoms with Crippen molar-refractivity contribution in [1.29, 1.82) is 0 Å². The van der Waals surface area contributed by atoms with Gasteiger partial charge in [0.2, 0.25) is 6.41 Å². The summed E-state index contributed by atoms with van der Waals surface area (Å²) in [6, 6.07) is 12.6. The molecule has 0 bridgehead atoms. The lowest BCUT2D eigenvalue weighted by Gasteiger charge is -1.95. The van der Waals surface area contributed by atoms with Gasteiger partial charge in [-0.25, -0.2) is 4.98 Å². The Morgan fingerprint density at radius 2 is 2.11 bits per heavy atom. The average Bonchev–Trinajstić information content (AvgIpc) is 2.82. The zero-order valence-electron chi connectivity index (χ0n) is 9.83. The molecule has 19 heavy (non-hydrogen) atoms. The molecule has 0 atom stereocenters. The number of anilines is 1. The highest BCUT2D eigenvalue weighted by molar-refractivity contribution is 7.21. The summed E-state index contributed by atoms with van der Waals surface area (Å²) in [5.74, 6) is 0.222. The van der Waals surface area contributed by atoms with E-state index in [1.165, 1.54) is 11.3 Å². The Labute approximate surface area is 113 Å². The van der Waals surface area contributed by atoms with E-state index in [1.54, 1.807) is 18.2 Å². The molecule has 5 heteroatoms. The number of hydrogen-bond acceptors (Lipinski definition) is 4. The fourth-order valence-electron chi connectivity index (χ4n) is 1.84. The lowest BCUT2D eigenvalue weighted by Crippen LogP contribution is -1.92. The lowest BCUT2D eigenvalue weighted by atomic mass is 10.2. The number of aromatic nitrogens is 1. The van der Waals surface area contributed by atoms with Gasteiger partial charge in [0.15, 0.2) is 0 Å². The molecule has 0 saturated heterocycles. The van der Waals surface area contributed by atoms with Crippen LogP contribution in [0.4, 0.5) is 5.69 Å². The Bertz CT molecular complexity index is 752. The van der Waals surface area contributed by atoms with E-state index in [1.807, 2.05) is 24.3 Å². The van der Waals surface area contributed by atoms with Crippen molar-refractivity contribution >= 4 is 33.7 Å². The van der Waals surface area contributed by atoms with Gasteiger partial charge in [-0.1, -0.05) is 12.1 Å². The van der Waals surface area contributed by atoms with E-state index in [9.17, 15) is 9.90 Å². The van der Waals surface area contributed by atoms with Crippen LogP contribution in [0.25, 0.3) is 20.8 Å². The van der Waals surface area contributed by atoms with Gasteiger partial charge in [-0.15, -0.1) is 11.3 Å². The second-order valence-electron chi connectivity index (χ2n) is 4.01. The predicted molar refractivity (Wildman–Crippen MR) is 76.4 cm³/mol. The number of aromatic hydroxyl groups is 1. The molecule has 0 saturated carbocycles. The summed E-state index contributed by atoms with van der Waals surface area (Å²) >= 11 is 1.52. The molecule has 1 aromatic heterocycles. The number of phenols is 1. The van der Waals surface area contributed by atoms with Crippen LogP contribution in [0.15, 0.2) is 42.5 Å². The number of benzene rings is 2. The van der Waals surface area contributed by atoms with Crippen LogP contribution < -0.4 is 5.32 Å². The molecule has 0 fully saturated rings. The van der Waals surface area contributed by atoms with Gasteiger partial charge in [0.25, 0.3) is 0 Å². The van der Waals surface area contributed by atoms with Crippen LogP contribution in [0.1, 0.15) is 0 Å². The van der Waals surface area contributed by atoms with Gasteiger partial charge in [0, 0.05) is 11.3 Å². The largest absolute Gasteiger partial charge is 0.508 e. The van der Waals surface area contributed by atoms with Crippen molar-refractivity contribution in [2.75, 3.05) is 5.32 Å². The van der Waals surface area contributed by atoms with Crippen molar-refractivity contribution in [1.82, 2.24) is 4.98 Å². The Balaban J connectivity index is 2.08. The monoisotopic (exact) mass is 270 g/mol. The number of rotatable bonds is 3. The second-order valence-corrected chi connectivity index (χ2v) is 5.04. The number of hydrogen-bond donors (Lipinski definition) is 2. The van der Waals surface area contributed by atoms with E-state index in [0.717, 1.165) is 26.5 Å². The number of nitrogens with zero attached hydrogens (tertiary/aromatic N) is 1. The Kier molecular flexibility index (Phi) is 2.89. The minimum absolute atomic E-state index is 0.222. The first-order valence-electron chi connectivity index (χ1n) is 5.66. The number of carbonyl (C=O) groups excluding carboxylic acids is 1. The SMILES string of the molecule is O=CNc1ccc2nc(-c3cccc(O)c3)sc2c1. The van der Waals surface area contributed by atoms with E-state index in [0.29, 0.717) is 6.41 Å². The summed E-state index contributed by atoms with van der Waals surface area (Å²) in [5, 5.41) is 12.9. The highest BCUT2D eigenvalue weighted by Crippen LogP contribution is 2.32. The molecule has 3 rings (SSSR count). The summed E-state index contributed by atoms with van der Waals surface area (Å²) in [6.07, 6.45) is 0.651. The molecule has 0 radical (unpaired) electrons. The summed E-state index contributed by atoms with van der Waals surface area (Å²) in [7, 11) is 0. The van der Waals surface area contributed by atoms with E-state index < -0.39 is 0 Å². The molecule has 2 aromatic carbocycles. The van der Waals surface area contributed by atoms with Crippen molar-refractivity contribution in [2.24, 2.45) is 0 Å². The molecule has 4 nitrogen and oxygen atoms in total. The fraction of sp³-hybridized carbons (Fsp3) is 0. The van der Waals surface area contributed by atoms with Crippen molar-refractivity contribution in [3.05, 3.63) is 42.5 Å². The number of fused-ring (bicyclic) bond motifs is 1. The lowest BCUT2D eigenvalue weighted by molar-refractivity contribution is -0.105. The van der Waals surface area contributed by atoms with Gasteiger partial charge in [0.05, 0.1) is 10.2 Å². The minimum atomic E-state index is 0.222. The predicted octanol–water partition coefficient (Wildman–Crippen LogP) is 3.24. The molecular formula is C14H10N2O2S. The highest BCUT2D eigenvalue weighted by atomic mass is 32.1. The number of phenolic OH excluding ortho intramolecular Hbond substituents is 1. The average molecular weight is 270 g/mol. The standard InChI is InChI=1S/C14H10N2O2S/c17-8-15-10-4-5-12-13(7-10)19-14(16-12)9-2-1-3-11(18)6-9/h1-8,18H,(H,15,17). The van der Waals surface area contributed by atoms with Gasteiger partial charge < -0.3 is 10.4 Å². The van der Waals surface area contributed by atoms with E-state index in [4.69, 9.17) is 0 Å². The van der Waals surface area contributed by atoms with Crippen LogP contribution in [-0.2, 0) is 4.79 Å². The van der Waals surface area contributed by atoms with Crippen LogP contribution in [0, 0.1) is 0 Å². The first-order valence-corrected chi connectivity index (χ1v) is 6.48. The third kappa shape index (κ3) is 2.28. The molecule has 0 aliphatic heterocycles. The Morgan fingerprint density at radius 1 is 1.21 bits per heavy atom. The third-order valence-electron chi connectivity index (χ3n) is 2.71. The summed E-state index contributed by atoms with van der Waals surface area (Å²) in [6.45, 7) is 0. The molecule has 0 unspecified atom stereocenters. The third-order valence-corrected chi connectivity index (χ3v) is 3.77. The number of thiazole rings is 1. The summed E-state index contributed by atoms with van der Waals surface area (Å²) in [5.41, 5.74) is 2.50. The maximum absolute atomic E-state index is 10.4. The zero-order chi connectivity index (χ0) is 13.2. The van der Waals surface area contributed by atoms with Crippen molar-refractivity contribution in [3.8, 4) is 16.3 Å².